The van der Waals surface area contributed by atoms with Crippen LogP contribution in [0.1, 0.15) is 24.9 Å². The predicted octanol–water partition coefficient (Wildman–Crippen LogP) is 3.81. The van der Waals surface area contributed by atoms with Gasteiger partial charge in [0, 0.05) is 5.56 Å². The molecular weight excluding hydrogens is 262 g/mol. The van der Waals surface area contributed by atoms with Crippen molar-refractivity contribution in [3.63, 3.8) is 0 Å². The van der Waals surface area contributed by atoms with Crippen molar-refractivity contribution in [3.05, 3.63) is 60.2 Å². The molecule has 0 aromatic heterocycles. The standard InChI is InChI=1S/C18H23NO2/c1-3-13-20-18-12-8-7-11-16(18)17(19-2)14-21-15-9-5-4-6-10-15/h4-12,17,19H,3,13-14H2,1-2H3. The summed E-state index contributed by atoms with van der Waals surface area (Å²) in [5, 5.41) is 3.30. The summed E-state index contributed by atoms with van der Waals surface area (Å²) in [6.45, 7) is 3.40. The molecule has 3 heteroatoms. The average Bonchev–Trinajstić information content (AvgIpc) is 2.55. The number of hydrogen-bond acceptors (Lipinski definition) is 3. The van der Waals surface area contributed by atoms with Gasteiger partial charge < -0.3 is 14.8 Å². The lowest BCUT2D eigenvalue weighted by Gasteiger charge is -2.20. The van der Waals surface area contributed by atoms with E-state index in [0.717, 1.165) is 30.1 Å². The molecule has 112 valence electrons. The molecule has 0 aliphatic carbocycles. The molecule has 0 heterocycles. The molecule has 1 unspecified atom stereocenters. The molecule has 0 aliphatic heterocycles. The highest BCUT2D eigenvalue weighted by molar-refractivity contribution is 5.36. The molecule has 21 heavy (non-hydrogen) atoms. The highest BCUT2D eigenvalue weighted by Gasteiger charge is 2.15. The Labute approximate surface area is 126 Å². The second-order valence-corrected chi connectivity index (χ2v) is 4.85. The summed E-state index contributed by atoms with van der Waals surface area (Å²) in [5.41, 5.74) is 1.13. The third-order valence-electron chi connectivity index (χ3n) is 3.26. The van der Waals surface area contributed by atoms with E-state index in [9.17, 15) is 0 Å². The van der Waals surface area contributed by atoms with Gasteiger partial charge in [-0.2, -0.15) is 0 Å². The Kier molecular flexibility index (Phi) is 6.10. The minimum Gasteiger partial charge on any atom is -0.493 e. The van der Waals surface area contributed by atoms with E-state index >= 15 is 0 Å². The van der Waals surface area contributed by atoms with Gasteiger partial charge >= 0.3 is 0 Å². The highest BCUT2D eigenvalue weighted by atomic mass is 16.5. The molecule has 1 N–H and O–H groups in total. The summed E-state index contributed by atoms with van der Waals surface area (Å²) < 4.78 is 11.7. The molecule has 0 spiro atoms. The van der Waals surface area contributed by atoms with E-state index < -0.39 is 0 Å². The first-order chi connectivity index (χ1) is 10.3. The van der Waals surface area contributed by atoms with Crippen molar-refractivity contribution in [1.82, 2.24) is 5.32 Å². The minimum atomic E-state index is 0.0956. The summed E-state index contributed by atoms with van der Waals surface area (Å²) in [6, 6.07) is 18.1. The molecule has 2 aromatic carbocycles. The van der Waals surface area contributed by atoms with Gasteiger partial charge in [-0.1, -0.05) is 43.3 Å². The Bertz CT molecular complexity index is 528. The van der Waals surface area contributed by atoms with E-state index in [1.165, 1.54) is 0 Å². The molecule has 2 rings (SSSR count). The molecule has 0 amide bonds. The van der Waals surface area contributed by atoms with Gasteiger partial charge in [-0.3, -0.25) is 0 Å². The monoisotopic (exact) mass is 285 g/mol. The fourth-order valence-electron chi connectivity index (χ4n) is 2.14. The SMILES string of the molecule is CCCOc1ccccc1C(COc1ccccc1)NC. The largest absolute Gasteiger partial charge is 0.493 e. The first-order valence-electron chi connectivity index (χ1n) is 7.42. The van der Waals surface area contributed by atoms with Crippen molar-refractivity contribution in [2.24, 2.45) is 0 Å². The number of hydrogen-bond donors (Lipinski definition) is 1. The Hall–Kier alpha value is -2.00. The number of likely N-dealkylation sites (N-methyl/N-ethyl adjacent to an activating group) is 1. The van der Waals surface area contributed by atoms with Crippen molar-refractivity contribution in [1.29, 1.82) is 0 Å². The summed E-state index contributed by atoms with van der Waals surface area (Å²) in [6.07, 6.45) is 0.999. The number of para-hydroxylation sites is 2. The topological polar surface area (TPSA) is 30.5 Å². The molecule has 1 atom stereocenters. The highest BCUT2D eigenvalue weighted by Crippen LogP contribution is 2.26. The van der Waals surface area contributed by atoms with E-state index in [-0.39, 0.29) is 6.04 Å². The maximum absolute atomic E-state index is 5.85. The first kappa shape index (κ1) is 15.4. The van der Waals surface area contributed by atoms with E-state index in [2.05, 4.69) is 18.3 Å². The van der Waals surface area contributed by atoms with Crippen LogP contribution in [0.4, 0.5) is 0 Å². The fourth-order valence-corrected chi connectivity index (χ4v) is 2.14. The molecule has 0 fully saturated rings. The van der Waals surface area contributed by atoms with Crippen LogP contribution in [-0.4, -0.2) is 20.3 Å². The van der Waals surface area contributed by atoms with Gasteiger partial charge in [0.2, 0.25) is 0 Å². The molecule has 2 aromatic rings. The fraction of sp³-hybridized carbons (Fsp3) is 0.333. The van der Waals surface area contributed by atoms with Gasteiger partial charge in [0.15, 0.2) is 0 Å². The van der Waals surface area contributed by atoms with Crippen LogP contribution in [0, 0.1) is 0 Å². The zero-order valence-corrected chi connectivity index (χ0v) is 12.7. The normalized spacial score (nSPS) is 11.9. The first-order valence-corrected chi connectivity index (χ1v) is 7.42. The Morgan fingerprint density at radius 1 is 0.952 bits per heavy atom. The van der Waals surface area contributed by atoms with Gasteiger partial charge in [0.1, 0.15) is 18.1 Å². The predicted molar refractivity (Wildman–Crippen MR) is 86.0 cm³/mol. The van der Waals surface area contributed by atoms with Gasteiger partial charge in [0.05, 0.1) is 12.6 Å². The third-order valence-corrected chi connectivity index (χ3v) is 3.26. The average molecular weight is 285 g/mol. The number of rotatable bonds is 8. The molecular formula is C18H23NO2. The molecule has 0 aliphatic rings. The maximum atomic E-state index is 5.85. The molecule has 0 saturated carbocycles. The lowest BCUT2D eigenvalue weighted by molar-refractivity contribution is 0.262. The zero-order valence-electron chi connectivity index (χ0n) is 12.7. The lowest BCUT2D eigenvalue weighted by Crippen LogP contribution is -2.24. The Morgan fingerprint density at radius 2 is 1.67 bits per heavy atom. The molecule has 3 nitrogen and oxygen atoms in total. The van der Waals surface area contributed by atoms with Crippen LogP contribution >= 0.6 is 0 Å². The Morgan fingerprint density at radius 3 is 2.38 bits per heavy atom. The second-order valence-electron chi connectivity index (χ2n) is 4.85. The maximum Gasteiger partial charge on any atom is 0.124 e. The van der Waals surface area contributed by atoms with Gasteiger partial charge in [0.25, 0.3) is 0 Å². The van der Waals surface area contributed by atoms with Crippen LogP contribution < -0.4 is 14.8 Å². The van der Waals surface area contributed by atoms with Crippen molar-refractivity contribution in [3.8, 4) is 11.5 Å². The van der Waals surface area contributed by atoms with Crippen LogP contribution in [0.15, 0.2) is 54.6 Å². The van der Waals surface area contributed by atoms with Crippen LogP contribution in [-0.2, 0) is 0 Å². The third kappa shape index (κ3) is 4.50. The van der Waals surface area contributed by atoms with Crippen LogP contribution in [0.25, 0.3) is 0 Å². The van der Waals surface area contributed by atoms with Gasteiger partial charge in [-0.25, -0.2) is 0 Å². The second kappa shape index (κ2) is 8.32. The van der Waals surface area contributed by atoms with Crippen molar-refractivity contribution >= 4 is 0 Å². The van der Waals surface area contributed by atoms with E-state index in [1.807, 2.05) is 55.6 Å². The number of benzene rings is 2. The lowest BCUT2D eigenvalue weighted by atomic mass is 10.1. The van der Waals surface area contributed by atoms with E-state index in [0.29, 0.717) is 6.61 Å². The van der Waals surface area contributed by atoms with E-state index in [4.69, 9.17) is 9.47 Å². The molecule has 0 saturated heterocycles. The summed E-state index contributed by atoms with van der Waals surface area (Å²) in [7, 11) is 1.94. The van der Waals surface area contributed by atoms with Gasteiger partial charge in [-0.15, -0.1) is 0 Å². The summed E-state index contributed by atoms with van der Waals surface area (Å²) >= 11 is 0. The van der Waals surface area contributed by atoms with Crippen LogP contribution in [0.2, 0.25) is 0 Å². The Balaban J connectivity index is 2.06. The zero-order chi connectivity index (χ0) is 14.9. The van der Waals surface area contributed by atoms with Crippen LogP contribution in [0.5, 0.6) is 11.5 Å². The van der Waals surface area contributed by atoms with Crippen LogP contribution in [0.3, 0.4) is 0 Å². The smallest absolute Gasteiger partial charge is 0.124 e. The van der Waals surface area contributed by atoms with Crippen molar-refractivity contribution in [2.45, 2.75) is 19.4 Å². The minimum absolute atomic E-state index is 0.0956. The number of nitrogens with one attached hydrogen (secondary N) is 1. The van der Waals surface area contributed by atoms with Crippen molar-refractivity contribution < 1.29 is 9.47 Å². The number of ether oxygens (including phenoxy) is 2. The summed E-state index contributed by atoms with van der Waals surface area (Å²) in [4.78, 5) is 0. The van der Waals surface area contributed by atoms with E-state index in [1.54, 1.807) is 0 Å². The summed E-state index contributed by atoms with van der Waals surface area (Å²) in [5.74, 6) is 1.81. The molecule has 0 bridgehead atoms. The van der Waals surface area contributed by atoms with Gasteiger partial charge in [-0.05, 0) is 31.7 Å². The molecule has 0 radical (unpaired) electrons. The quantitative estimate of drug-likeness (QED) is 0.800. The van der Waals surface area contributed by atoms with Crippen molar-refractivity contribution in [2.75, 3.05) is 20.3 Å².